The lowest BCUT2D eigenvalue weighted by Gasteiger charge is -2.47. The van der Waals surface area contributed by atoms with E-state index in [1.807, 2.05) is 17.2 Å². The molecule has 12 nitrogen and oxygen atoms in total. The molecule has 4 aromatic rings. The van der Waals surface area contributed by atoms with Crippen molar-refractivity contribution in [3.05, 3.63) is 99.5 Å². The van der Waals surface area contributed by atoms with Crippen LogP contribution in [0, 0.1) is 6.92 Å². The lowest BCUT2D eigenvalue weighted by molar-refractivity contribution is -0.132. The number of piperidine rings is 1. The molecule has 2 aliphatic heterocycles. The predicted octanol–water partition coefficient (Wildman–Crippen LogP) is 4.71. The van der Waals surface area contributed by atoms with E-state index in [9.17, 15) is 19.8 Å². The number of hydrogen-bond acceptors (Lipinski definition) is 10. The summed E-state index contributed by atoms with van der Waals surface area (Å²) in [6.07, 6.45) is 6.09. The number of amides is 1. The number of fused-ring (bicyclic) bond motifs is 1. The normalized spacial score (nSPS) is 16.5. The van der Waals surface area contributed by atoms with Gasteiger partial charge in [0.2, 0.25) is 11.5 Å². The molecule has 2 aliphatic rings. The molecule has 0 bridgehead atoms. The highest BCUT2D eigenvalue weighted by Crippen LogP contribution is 2.33. The van der Waals surface area contributed by atoms with Crippen LogP contribution in [0.3, 0.4) is 0 Å². The number of benzene rings is 2. The Morgan fingerprint density at radius 3 is 2.73 bits per heavy atom. The third-order valence-corrected chi connectivity index (χ3v) is 10.9. The predicted molar refractivity (Wildman–Crippen MR) is 216 cm³/mol. The maximum absolute atomic E-state index is 13.2. The SMILES string of the molecule is CCCCN(CCNCC(O)c1ccc(O)c2[nH]c(=O)ccc12)C(=O)CCOCCc1cccc(CN2CCC3(CC2)CN(c2cc(C)ccn2)CCO3)c1. The van der Waals surface area contributed by atoms with Gasteiger partial charge in [-0.3, -0.25) is 14.5 Å². The molecule has 4 heterocycles. The topological polar surface area (TPSA) is 143 Å². The van der Waals surface area contributed by atoms with Crippen molar-refractivity contribution in [2.24, 2.45) is 0 Å². The van der Waals surface area contributed by atoms with Crippen molar-refractivity contribution >= 4 is 22.6 Å². The van der Waals surface area contributed by atoms with Crippen LogP contribution in [0.4, 0.5) is 5.82 Å². The van der Waals surface area contributed by atoms with Crippen molar-refractivity contribution in [1.29, 1.82) is 0 Å². The smallest absolute Gasteiger partial charge is 0.248 e. The van der Waals surface area contributed by atoms with Crippen LogP contribution < -0.4 is 15.8 Å². The number of aliphatic hydroxyl groups is 1. The summed E-state index contributed by atoms with van der Waals surface area (Å²) < 4.78 is 12.4. The molecule has 2 aromatic heterocycles. The summed E-state index contributed by atoms with van der Waals surface area (Å²) in [5.74, 6) is 1.07. The number of hydrogen-bond donors (Lipinski definition) is 4. The largest absolute Gasteiger partial charge is 0.506 e. The molecule has 0 aliphatic carbocycles. The van der Waals surface area contributed by atoms with Gasteiger partial charge >= 0.3 is 0 Å². The van der Waals surface area contributed by atoms with Gasteiger partial charge < -0.3 is 39.8 Å². The second-order valence-electron chi connectivity index (χ2n) is 15.1. The molecule has 0 saturated carbocycles. The van der Waals surface area contributed by atoms with Gasteiger partial charge in [-0.2, -0.15) is 0 Å². The molecular formula is C43H58N6O6. The number of aromatic hydroxyl groups is 1. The Morgan fingerprint density at radius 1 is 1.07 bits per heavy atom. The summed E-state index contributed by atoms with van der Waals surface area (Å²) in [4.78, 5) is 38.9. The minimum absolute atomic E-state index is 0.0443. The molecular weight excluding hydrogens is 697 g/mol. The van der Waals surface area contributed by atoms with Crippen LogP contribution in [0.25, 0.3) is 10.9 Å². The highest BCUT2D eigenvalue weighted by molar-refractivity contribution is 5.87. The van der Waals surface area contributed by atoms with Gasteiger partial charge in [-0.25, -0.2) is 4.98 Å². The van der Waals surface area contributed by atoms with E-state index in [0.29, 0.717) is 55.7 Å². The minimum Gasteiger partial charge on any atom is -0.506 e. The van der Waals surface area contributed by atoms with E-state index in [2.05, 4.69) is 69.3 Å². The van der Waals surface area contributed by atoms with Gasteiger partial charge in [0, 0.05) is 76.6 Å². The Morgan fingerprint density at radius 2 is 1.91 bits per heavy atom. The highest BCUT2D eigenvalue weighted by Gasteiger charge is 2.40. The number of likely N-dealkylation sites (tertiary alicyclic amines) is 1. The number of nitrogens with one attached hydrogen (secondary N) is 2. The fourth-order valence-corrected chi connectivity index (χ4v) is 7.73. The zero-order valence-corrected chi connectivity index (χ0v) is 32.5. The third-order valence-electron chi connectivity index (χ3n) is 10.9. The number of aromatic amines is 1. The van der Waals surface area contributed by atoms with Gasteiger partial charge in [0.1, 0.15) is 11.6 Å². The average molecular weight is 755 g/mol. The van der Waals surface area contributed by atoms with Crippen molar-refractivity contribution in [3.63, 3.8) is 0 Å². The maximum atomic E-state index is 13.2. The number of rotatable bonds is 18. The molecule has 1 unspecified atom stereocenters. The first-order valence-electron chi connectivity index (χ1n) is 19.9. The molecule has 1 amide bonds. The number of anilines is 1. The number of aryl methyl sites for hydroxylation is 1. The number of nitrogens with zero attached hydrogens (tertiary/aromatic N) is 4. The Labute approximate surface area is 324 Å². The molecule has 4 N–H and O–H groups in total. The average Bonchev–Trinajstić information content (AvgIpc) is 3.19. The van der Waals surface area contributed by atoms with Gasteiger partial charge in [0.05, 0.1) is 43.5 Å². The Bertz CT molecular complexity index is 1910. The standard InChI is InChI=1S/C43H58N6O6/c1-3-4-19-48(22-18-44-29-38(51)35-8-10-37(50)42-36(35)9-11-40(52)46-42)41(53)14-25-54-24-13-33-6-5-7-34(28-33)30-47-20-15-43(16-21-47)31-49(23-26-55-43)39-27-32(2)12-17-45-39/h5-12,17,27-28,38,44,50-51H,3-4,13-16,18-26,29-31H2,1-2H3,(H,46,52). The second-order valence-corrected chi connectivity index (χ2v) is 15.1. The zero-order chi connectivity index (χ0) is 38.6. The minimum atomic E-state index is -0.855. The number of phenolic OH excluding ortho intramolecular Hbond substituents is 1. The van der Waals surface area contributed by atoms with Crippen molar-refractivity contribution in [2.45, 2.75) is 70.6 Å². The van der Waals surface area contributed by atoms with E-state index in [-0.39, 0.29) is 29.4 Å². The molecule has 6 rings (SSSR count). The number of carbonyl (C=O) groups excluding carboxylic acids is 1. The summed E-state index contributed by atoms with van der Waals surface area (Å²) >= 11 is 0. The molecule has 0 radical (unpaired) electrons. The van der Waals surface area contributed by atoms with E-state index in [4.69, 9.17) is 9.47 Å². The van der Waals surface area contributed by atoms with Crippen molar-refractivity contribution in [3.8, 4) is 5.75 Å². The van der Waals surface area contributed by atoms with Crippen molar-refractivity contribution in [1.82, 2.24) is 25.1 Å². The van der Waals surface area contributed by atoms with Crippen LogP contribution in [0.15, 0.2) is 71.7 Å². The summed E-state index contributed by atoms with van der Waals surface area (Å²) in [6.45, 7) is 12.6. The van der Waals surface area contributed by atoms with E-state index in [0.717, 1.165) is 77.3 Å². The Hall–Kier alpha value is -4.33. The van der Waals surface area contributed by atoms with Crippen LogP contribution in [-0.2, 0) is 27.2 Å². The first-order valence-corrected chi connectivity index (χ1v) is 19.9. The van der Waals surface area contributed by atoms with E-state index in [1.165, 1.54) is 28.8 Å². The Balaban J connectivity index is 0.888. The number of unbranched alkanes of at least 4 members (excludes halogenated alkanes) is 1. The van der Waals surface area contributed by atoms with E-state index < -0.39 is 6.10 Å². The van der Waals surface area contributed by atoms with Crippen LogP contribution in [0.1, 0.15) is 67.4 Å². The number of H-pyrrole nitrogens is 1. The number of aromatic nitrogens is 2. The van der Waals surface area contributed by atoms with E-state index in [1.54, 1.807) is 12.1 Å². The van der Waals surface area contributed by atoms with Gasteiger partial charge in [-0.1, -0.05) is 43.7 Å². The molecule has 55 heavy (non-hydrogen) atoms. The molecule has 2 fully saturated rings. The first-order chi connectivity index (χ1) is 26.7. The van der Waals surface area contributed by atoms with Crippen LogP contribution in [-0.4, -0.2) is 114 Å². The molecule has 2 saturated heterocycles. The van der Waals surface area contributed by atoms with Gasteiger partial charge in [0.15, 0.2) is 0 Å². The number of phenols is 1. The summed E-state index contributed by atoms with van der Waals surface area (Å²) in [5, 5.41) is 24.9. The lowest BCUT2D eigenvalue weighted by atomic mass is 9.89. The molecule has 1 spiro atoms. The monoisotopic (exact) mass is 754 g/mol. The molecule has 12 heteroatoms. The highest BCUT2D eigenvalue weighted by atomic mass is 16.5. The number of carbonyl (C=O) groups is 1. The van der Waals surface area contributed by atoms with Gasteiger partial charge in [-0.05, 0) is 79.1 Å². The third kappa shape index (κ3) is 11.1. The van der Waals surface area contributed by atoms with Crippen LogP contribution >= 0.6 is 0 Å². The number of pyridine rings is 2. The first kappa shape index (κ1) is 40.3. The van der Waals surface area contributed by atoms with Crippen molar-refractivity contribution in [2.75, 3.05) is 77.1 Å². The van der Waals surface area contributed by atoms with Gasteiger partial charge in [-0.15, -0.1) is 0 Å². The fourth-order valence-electron chi connectivity index (χ4n) is 7.73. The van der Waals surface area contributed by atoms with Crippen LogP contribution in [0.2, 0.25) is 0 Å². The maximum Gasteiger partial charge on any atom is 0.248 e. The quantitative estimate of drug-likeness (QED) is 0.106. The molecule has 296 valence electrons. The molecule has 2 aromatic carbocycles. The molecule has 1 atom stereocenters. The zero-order valence-electron chi connectivity index (χ0n) is 32.5. The van der Waals surface area contributed by atoms with Gasteiger partial charge in [0.25, 0.3) is 0 Å². The lowest BCUT2D eigenvalue weighted by Crippen LogP contribution is -2.57. The summed E-state index contributed by atoms with van der Waals surface area (Å²) in [6, 6.07) is 19.1. The van der Waals surface area contributed by atoms with Crippen LogP contribution in [0.5, 0.6) is 5.75 Å². The number of aliphatic hydroxyl groups excluding tert-OH is 1. The second kappa shape index (κ2) is 19.5. The fraction of sp³-hybridized carbons (Fsp3) is 0.512. The van der Waals surface area contributed by atoms with E-state index >= 15 is 0 Å². The summed E-state index contributed by atoms with van der Waals surface area (Å²) in [5.41, 5.74) is 4.25. The number of ether oxygens (including phenoxy) is 2. The van der Waals surface area contributed by atoms with Crippen molar-refractivity contribution < 1.29 is 24.5 Å². The number of morpholine rings is 1. The Kier molecular flexibility index (Phi) is 14.3. The summed E-state index contributed by atoms with van der Waals surface area (Å²) in [7, 11) is 0.